The monoisotopic (exact) mass is 251 g/mol. The summed E-state index contributed by atoms with van der Waals surface area (Å²) in [5.74, 6) is 0. The van der Waals surface area contributed by atoms with Crippen LogP contribution < -0.4 is 5.32 Å². The molecule has 17 heavy (non-hydrogen) atoms. The van der Waals surface area contributed by atoms with Crippen LogP contribution in [-0.4, -0.2) is 70.4 Å². The van der Waals surface area contributed by atoms with E-state index in [1.165, 1.54) is 0 Å². The minimum atomic E-state index is -1.53. The number of aliphatic hydroxyl groups is 4. The first-order valence-corrected chi connectivity index (χ1v) is 5.25. The zero-order chi connectivity index (χ0) is 13.0. The number of carbonyl (C=O) groups excluding carboxylic acids is 1. The molecule has 0 bridgehead atoms. The van der Waals surface area contributed by atoms with Crippen LogP contribution in [0.2, 0.25) is 0 Å². The van der Waals surface area contributed by atoms with Gasteiger partial charge in [0.2, 0.25) is 0 Å². The zero-order valence-electron chi connectivity index (χ0n) is 9.31. The fourth-order valence-electron chi connectivity index (χ4n) is 1.56. The summed E-state index contributed by atoms with van der Waals surface area (Å²) >= 11 is 0. The molecular weight excluding hydrogens is 234 g/mol. The Kier molecular flexibility index (Phi) is 5.09. The number of rotatable bonds is 3. The molecule has 0 radical (unpaired) electrons. The second kappa shape index (κ2) is 6.12. The highest BCUT2D eigenvalue weighted by Crippen LogP contribution is 2.19. The fraction of sp³-hybridized carbons (Fsp3) is 0.889. The normalized spacial score (nSPS) is 37.6. The lowest BCUT2D eigenvalue weighted by Gasteiger charge is -2.39. The van der Waals surface area contributed by atoms with Gasteiger partial charge in [-0.2, -0.15) is 0 Å². The van der Waals surface area contributed by atoms with Crippen molar-refractivity contribution in [2.24, 2.45) is 0 Å². The van der Waals surface area contributed by atoms with Gasteiger partial charge in [0.15, 0.2) is 6.29 Å². The predicted molar refractivity (Wildman–Crippen MR) is 53.9 cm³/mol. The van der Waals surface area contributed by atoms with Crippen LogP contribution in [0.1, 0.15) is 6.92 Å². The maximum absolute atomic E-state index is 11.1. The first-order valence-electron chi connectivity index (χ1n) is 5.25. The van der Waals surface area contributed by atoms with E-state index in [1.807, 2.05) is 0 Å². The molecule has 5 N–H and O–H groups in total. The molecule has 0 aromatic rings. The molecule has 1 fully saturated rings. The number of carbonyl (C=O) groups is 1. The minimum Gasteiger partial charge on any atom is -0.450 e. The van der Waals surface area contributed by atoms with Crippen LogP contribution in [0.25, 0.3) is 0 Å². The molecule has 1 aliphatic rings. The van der Waals surface area contributed by atoms with E-state index in [0.717, 1.165) is 0 Å². The van der Waals surface area contributed by atoms with Gasteiger partial charge in [-0.15, -0.1) is 0 Å². The van der Waals surface area contributed by atoms with E-state index in [-0.39, 0.29) is 6.61 Å². The van der Waals surface area contributed by atoms with Crippen LogP contribution in [0.15, 0.2) is 0 Å². The molecule has 1 amide bonds. The summed E-state index contributed by atoms with van der Waals surface area (Å²) in [6.07, 6.45) is -6.33. The highest BCUT2D eigenvalue weighted by atomic mass is 16.6. The molecule has 1 aliphatic heterocycles. The molecule has 1 rings (SSSR count). The lowest BCUT2D eigenvalue weighted by Crippen LogP contribution is -2.64. The van der Waals surface area contributed by atoms with E-state index in [4.69, 9.17) is 9.84 Å². The molecule has 0 saturated carbocycles. The molecular formula is C9H17NO7. The molecule has 0 aliphatic carbocycles. The van der Waals surface area contributed by atoms with Crippen LogP contribution in [0.3, 0.4) is 0 Å². The zero-order valence-corrected chi connectivity index (χ0v) is 9.31. The fourth-order valence-corrected chi connectivity index (χ4v) is 1.56. The Morgan fingerprint density at radius 3 is 2.53 bits per heavy atom. The van der Waals surface area contributed by atoms with E-state index in [2.05, 4.69) is 10.1 Å². The van der Waals surface area contributed by atoms with E-state index >= 15 is 0 Å². The first kappa shape index (κ1) is 14.1. The average Bonchev–Trinajstić information content (AvgIpc) is 2.29. The second-order valence-corrected chi connectivity index (χ2v) is 3.62. The van der Waals surface area contributed by atoms with Gasteiger partial charge in [-0.05, 0) is 6.92 Å². The Bertz CT molecular complexity index is 262. The van der Waals surface area contributed by atoms with Crippen LogP contribution in [0.4, 0.5) is 4.79 Å². The number of hydrogen-bond donors (Lipinski definition) is 5. The summed E-state index contributed by atoms with van der Waals surface area (Å²) in [5, 5.41) is 39.7. The number of ether oxygens (including phenoxy) is 2. The van der Waals surface area contributed by atoms with Gasteiger partial charge in [0.1, 0.15) is 24.4 Å². The van der Waals surface area contributed by atoms with E-state index in [0.29, 0.717) is 0 Å². The Morgan fingerprint density at radius 2 is 2.00 bits per heavy atom. The Morgan fingerprint density at radius 1 is 1.35 bits per heavy atom. The largest absolute Gasteiger partial charge is 0.450 e. The van der Waals surface area contributed by atoms with Crippen molar-refractivity contribution < 1.29 is 34.7 Å². The van der Waals surface area contributed by atoms with Crippen LogP contribution in [-0.2, 0) is 9.47 Å². The maximum Gasteiger partial charge on any atom is 0.407 e. The average molecular weight is 251 g/mol. The maximum atomic E-state index is 11.1. The van der Waals surface area contributed by atoms with Gasteiger partial charge in [0.25, 0.3) is 0 Å². The third-order valence-electron chi connectivity index (χ3n) is 2.46. The number of amides is 1. The molecule has 8 nitrogen and oxygen atoms in total. The molecule has 100 valence electrons. The van der Waals surface area contributed by atoms with Crippen LogP contribution in [0, 0.1) is 0 Å². The molecule has 0 aromatic heterocycles. The van der Waals surface area contributed by atoms with Crippen molar-refractivity contribution in [1.82, 2.24) is 5.32 Å². The SMILES string of the molecule is CCOC(=O)N[C@H]1[C@@H](O)[C@@H](O)[C@@H](CO)O[C@H]1O. The highest BCUT2D eigenvalue weighted by Gasteiger charge is 2.44. The van der Waals surface area contributed by atoms with Crippen LogP contribution >= 0.6 is 0 Å². The van der Waals surface area contributed by atoms with Gasteiger partial charge in [0.05, 0.1) is 13.2 Å². The minimum absolute atomic E-state index is 0.132. The summed E-state index contributed by atoms with van der Waals surface area (Å²) in [6, 6.07) is -1.22. The summed E-state index contributed by atoms with van der Waals surface area (Å²) < 4.78 is 9.41. The predicted octanol–water partition coefficient (Wildman–Crippen LogP) is -2.47. The van der Waals surface area contributed by atoms with Gasteiger partial charge >= 0.3 is 6.09 Å². The standard InChI is InChI=1S/C9H17NO7/c1-2-16-9(15)10-5-7(13)6(12)4(3-11)17-8(5)14/h4-8,11-14H,2-3H2,1H3,(H,10,15)/t4-,5+,6+,7-,8-/m1/s1. The number of aliphatic hydroxyl groups excluding tert-OH is 4. The number of nitrogens with one attached hydrogen (secondary N) is 1. The van der Waals surface area contributed by atoms with Gasteiger partial charge in [-0.25, -0.2) is 4.79 Å². The van der Waals surface area contributed by atoms with Gasteiger partial charge < -0.3 is 35.2 Å². The van der Waals surface area contributed by atoms with Crippen molar-refractivity contribution in [3.05, 3.63) is 0 Å². The quantitative estimate of drug-likeness (QED) is 0.376. The first-order chi connectivity index (χ1) is 8.01. The van der Waals surface area contributed by atoms with Crippen molar-refractivity contribution in [1.29, 1.82) is 0 Å². The second-order valence-electron chi connectivity index (χ2n) is 3.62. The number of alkyl carbamates (subject to hydrolysis) is 1. The lowest BCUT2D eigenvalue weighted by molar-refractivity contribution is -0.253. The highest BCUT2D eigenvalue weighted by molar-refractivity contribution is 5.67. The topological polar surface area (TPSA) is 128 Å². The molecule has 0 spiro atoms. The van der Waals surface area contributed by atoms with Gasteiger partial charge in [-0.1, -0.05) is 0 Å². The molecule has 1 saturated heterocycles. The molecule has 5 atom stereocenters. The molecule has 0 unspecified atom stereocenters. The van der Waals surface area contributed by atoms with Gasteiger partial charge in [0, 0.05) is 0 Å². The molecule has 1 heterocycles. The Labute approximate surface area is 97.8 Å². The molecule has 0 aromatic carbocycles. The summed E-state index contributed by atoms with van der Waals surface area (Å²) in [7, 11) is 0. The van der Waals surface area contributed by atoms with Crippen molar-refractivity contribution in [2.75, 3.05) is 13.2 Å². The lowest BCUT2D eigenvalue weighted by atomic mass is 9.97. The number of hydrogen-bond acceptors (Lipinski definition) is 7. The third kappa shape index (κ3) is 3.27. The molecule has 8 heteroatoms. The smallest absolute Gasteiger partial charge is 0.407 e. The van der Waals surface area contributed by atoms with E-state index < -0.39 is 43.3 Å². The van der Waals surface area contributed by atoms with Gasteiger partial charge in [-0.3, -0.25) is 0 Å². The van der Waals surface area contributed by atoms with E-state index in [1.54, 1.807) is 6.92 Å². The van der Waals surface area contributed by atoms with Crippen molar-refractivity contribution >= 4 is 6.09 Å². The summed E-state index contributed by atoms with van der Waals surface area (Å²) in [6.45, 7) is 1.18. The third-order valence-corrected chi connectivity index (χ3v) is 2.46. The van der Waals surface area contributed by atoms with Crippen molar-refractivity contribution in [2.45, 2.75) is 37.6 Å². The summed E-state index contributed by atoms with van der Waals surface area (Å²) in [5.41, 5.74) is 0. The van der Waals surface area contributed by atoms with E-state index in [9.17, 15) is 20.1 Å². The Balaban J connectivity index is 2.63. The van der Waals surface area contributed by atoms with Crippen molar-refractivity contribution in [3.63, 3.8) is 0 Å². The summed E-state index contributed by atoms with van der Waals surface area (Å²) in [4.78, 5) is 11.1. The Hall–Kier alpha value is -0.930. The van der Waals surface area contributed by atoms with Crippen molar-refractivity contribution in [3.8, 4) is 0 Å². The van der Waals surface area contributed by atoms with Crippen LogP contribution in [0.5, 0.6) is 0 Å².